The summed E-state index contributed by atoms with van der Waals surface area (Å²) < 4.78 is 10.6. The molecule has 0 radical (unpaired) electrons. The zero-order valence-electron chi connectivity index (χ0n) is 26.5. The fourth-order valence-corrected chi connectivity index (χ4v) is 5.01. The van der Waals surface area contributed by atoms with Crippen LogP contribution in [0.15, 0.2) is 42.5 Å². The number of ether oxygens (including phenoxy) is 2. The summed E-state index contributed by atoms with van der Waals surface area (Å²) in [4.78, 5) is 81.6. The van der Waals surface area contributed by atoms with Crippen LogP contribution in [-0.4, -0.2) is 79.3 Å². The van der Waals surface area contributed by atoms with E-state index < -0.39 is 53.6 Å². The number of nitrogens with one attached hydrogen (secondary N) is 5. The van der Waals surface area contributed by atoms with Crippen molar-refractivity contribution in [3.63, 3.8) is 0 Å². The van der Waals surface area contributed by atoms with Crippen LogP contribution < -0.4 is 31.3 Å². The van der Waals surface area contributed by atoms with E-state index in [1.165, 1.54) is 14.2 Å². The van der Waals surface area contributed by atoms with Crippen molar-refractivity contribution in [3.8, 4) is 5.88 Å². The van der Waals surface area contributed by atoms with Crippen molar-refractivity contribution < 1.29 is 38.2 Å². The topological polar surface area (TPSA) is 194 Å². The number of methoxy groups -OCH3 is 1. The number of carbonyl (C=O) groups is 6. The summed E-state index contributed by atoms with van der Waals surface area (Å²) in [6.07, 6.45) is 0.127. The molecule has 0 saturated carbocycles. The largest absolute Gasteiger partial charge is 0.481 e. The molecule has 1 fully saturated rings. The number of Topliss-reactive ketones (excluding diaryl/α,β-unsaturated/α-hetero) is 1. The lowest BCUT2D eigenvalue weighted by Gasteiger charge is -2.25. The Morgan fingerprint density at radius 3 is 2.33 bits per heavy atom. The van der Waals surface area contributed by atoms with Gasteiger partial charge in [-0.1, -0.05) is 43.7 Å². The van der Waals surface area contributed by atoms with E-state index in [0.717, 1.165) is 11.1 Å². The Morgan fingerprint density at radius 2 is 1.70 bits per heavy atom. The molecule has 14 nitrogen and oxygen atoms in total. The van der Waals surface area contributed by atoms with Crippen LogP contribution >= 0.6 is 0 Å². The fourth-order valence-electron chi connectivity index (χ4n) is 5.01. The summed E-state index contributed by atoms with van der Waals surface area (Å²) in [5.41, 5.74) is 2.01. The molecule has 1 aromatic heterocycles. The molecule has 0 bridgehead atoms. The van der Waals surface area contributed by atoms with E-state index in [1.54, 1.807) is 36.4 Å². The van der Waals surface area contributed by atoms with E-state index in [1.807, 2.05) is 19.9 Å². The van der Waals surface area contributed by atoms with Gasteiger partial charge in [-0.2, -0.15) is 0 Å². The van der Waals surface area contributed by atoms with Crippen LogP contribution in [0.1, 0.15) is 49.4 Å². The van der Waals surface area contributed by atoms with E-state index in [2.05, 4.69) is 31.6 Å². The second-order valence-corrected chi connectivity index (χ2v) is 11.0. The third kappa shape index (κ3) is 10.6. The van der Waals surface area contributed by atoms with Crippen molar-refractivity contribution in [1.82, 2.24) is 31.6 Å². The van der Waals surface area contributed by atoms with Gasteiger partial charge < -0.3 is 36.1 Å². The maximum absolute atomic E-state index is 13.7. The quantitative estimate of drug-likeness (QED) is 0.166. The number of nitrogens with zero attached hydrogens (tertiary/aromatic N) is 1. The van der Waals surface area contributed by atoms with E-state index >= 15 is 0 Å². The maximum Gasteiger partial charge on any atom is 0.408 e. The van der Waals surface area contributed by atoms with Gasteiger partial charge in [0.05, 0.1) is 13.2 Å². The Labute approximate surface area is 267 Å². The minimum atomic E-state index is -1.29. The summed E-state index contributed by atoms with van der Waals surface area (Å²) in [5.74, 6) is -3.74. The molecule has 0 aliphatic carbocycles. The van der Waals surface area contributed by atoms with Crippen LogP contribution in [0.5, 0.6) is 5.88 Å². The molecule has 1 aromatic carbocycles. The molecule has 1 saturated heterocycles. The number of aryl methyl sites for hydroxylation is 1. The lowest BCUT2D eigenvalue weighted by atomic mass is 9.95. The predicted molar refractivity (Wildman–Crippen MR) is 166 cm³/mol. The third-order valence-electron chi connectivity index (χ3n) is 7.42. The minimum Gasteiger partial charge on any atom is -0.481 e. The van der Waals surface area contributed by atoms with Gasteiger partial charge in [0.15, 0.2) is 0 Å². The summed E-state index contributed by atoms with van der Waals surface area (Å²) in [5, 5.41) is 12.8. The van der Waals surface area contributed by atoms with Gasteiger partial charge in [-0.3, -0.25) is 24.0 Å². The number of rotatable bonds is 16. The van der Waals surface area contributed by atoms with Gasteiger partial charge in [0.1, 0.15) is 18.7 Å². The second-order valence-electron chi connectivity index (χ2n) is 11.0. The fraction of sp³-hybridized carbons (Fsp3) is 0.469. The van der Waals surface area contributed by atoms with E-state index in [4.69, 9.17) is 9.47 Å². The first kappa shape index (κ1) is 35.5. The molecule has 14 heteroatoms. The normalized spacial score (nSPS) is 15.8. The Hall–Kier alpha value is -5.01. The Morgan fingerprint density at radius 1 is 1.00 bits per heavy atom. The van der Waals surface area contributed by atoms with Gasteiger partial charge >= 0.3 is 6.09 Å². The van der Waals surface area contributed by atoms with Crippen molar-refractivity contribution in [3.05, 3.63) is 59.3 Å². The highest BCUT2D eigenvalue weighted by molar-refractivity contribution is 6.38. The average Bonchev–Trinajstić information content (AvgIpc) is 3.45. The zero-order valence-corrected chi connectivity index (χ0v) is 26.5. The maximum atomic E-state index is 13.7. The average molecular weight is 639 g/mol. The van der Waals surface area contributed by atoms with Crippen LogP contribution in [-0.2, 0) is 41.7 Å². The molecule has 1 aliphatic rings. The van der Waals surface area contributed by atoms with Crippen molar-refractivity contribution in [2.75, 3.05) is 20.7 Å². The molecule has 46 heavy (non-hydrogen) atoms. The molecular formula is C32H42N6O8. The standard InChI is InChI=1S/C32H42N6O8/c1-5-9-23(29(41)37-24(27(39)31(43)33-3)16-21-12-13-34-28(21)40)36-30(42)25(17-22-14-19(2)15-26(35-22)45-4)38-32(44)46-18-20-10-7-6-8-11-20/h6-8,10-11,14-15,21,23-25H,5,9,12-13,16-18H2,1-4H3,(H,33,43)(H,34,40)(H,36,42)(H,37,41)(H,38,44)/t21-,23-,24-,25-/m0/s1. The van der Waals surface area contributed by atoms with Gasteiger partial charge in [-0.05, 0) is 43.4 Å². The summed E-state index contributed by atoms with van der Waals surface area (Å²) in [7, 11) is 2.75. The van der Waals surface area contributed by atoms with E-state index in [-0.39, 0.29) is 31.8 Å². The first-order valence-corrected chi connectivity index (χ1v) is 15.2. The van der Waals surface area contributed by atoms with Gasteiger partial charge in [-0.25, -0.2) is 9.78 Å². The number of ketones is 1. The third-order valence-corrected chi connectivity index (χ3v) is 7.42. The molecule has 2 heterocycles. The zero-order chi connectivity index (χ0) is 33.6. The lowest BCUT2D eigenvalue weighted by molar-refractivity contribution is -0.140. The number of likely N-dealkylation sites (N-methyl/N-ethyl adjacent to an activating group) is 1. The highest BCUT2D eigenvalue weighted by Gasteiger charge is 2.35. The molecule has 0 spiro atoms. The van der Waals surface area contributed by atoms with E-state index in [9.17, 15) is 28.8 Å². The van der Waals surface area contributed by atoms with Gasteiger partial charge in [-0.15, -0.1) is 0 Å². The second kappa shape index (κ2) is 17.5. The molecule has 5 amide bonds. The Kier molecular flexibility index (Phi) is 13.5. The lowest BCUT2D eigenvalue weighted by Crippen LogP contribution is -2.57. The highest BCUT2D eigenvalue weighted by Crippen LogP contribution is 2.18. The molecule has 2 aromatic rings. The molecule has 5 N–H and O–H groups in total. The first-order valence-electron chi connectivity index (χ1n) is 15.2. The van der Waals surface area contributed by atoms with Crippen LogP contribution in [0.2, 0.25) is 0 Å². The number of aromatic nitrogens is 1. The smallest absolute Gasteiger partial charge is 0.408 e. The first-order chi connectivity index (χ1) is 22.0. The van der Waals surface area contributed by atoms with Crippen LogP contribution in [0.3, 0.4) is 0 Å². The van der Waals surface area contributed by atoms with Crippen molar-refractivity contribution >= 4 is 35.5 Å². The van der Waals surface area contributed by atoms with Crippen LogP contribution in [0.25, 0.3) is 0 Å². The highest BCUT2D eigenvalue weighted by atomic mass is 16.5. The Balaban J connectivity index is 1.79. The van der Waals surface area contributed by atoms with Crippen molar-refractivity contribution in [2.45, 2.75) is 70.7 Å². The van der Waals surface area contributed by atoms with Gasteiger partial charge in [0, 0.05) is 37.7 Å². The van der Waals surface area contributed by atoms with Gasteiger partial charge in [0.2, 0.25) is 29.4 Å². The number of alkyl carbamates (subject to hydrolysis) is 1. The summed E-state index contributed by atoms with van der Waals surface area (Å²) >= 11 is 0. The number of benzene rings is 1. The van der Waals surface area contributed by atoms with Gasteiger partial charge in [0.25, 0.3) is 5.91 Å². The SMILES string of the molecule is CCC[C@H](NC(=O)[C@H](Cc1cc(C)cc(OC)n1)NC(=O)OCc1ccccc1)C(=O)N[C@@H](C[C@@H]1CCNC1=O)C(=O)C(=O)NC. The molecule has 4 atom stereocenters. The summed E-state index contributed by atoms with van der Waals surface area (Å²) in [6.45, 7) is 4.04. The Bertz CT molecular complexity index is 1400. The molecule has 248 valence electrons. The van der Waals surface area contributed by atoms with Crippen molar-refractivity contribution in [1.29, 1.82) is 0 Å². The van der Waals surface area contributed by atoms with Crippen molar-refractivity contribution in [2.24, 2.45) is 5.92 Å². The summed E-state index contributed by atoms with van der Waals surface area (Å²) in [6, 6.07) is 8.85. The van der Waals surface area contributed by atoms with E-state index in [0.29, 0.717) is 31.0 Å². The molecule has 3 rings (SSSR count). The number of carbonyl (C=O) groups excluding carboxylic acids is 6. The molecule has 1 aliphatic heterocycles. The number of pyridine rings is 1. The molecular weight excluding hydrogens is 596 g/mol. The predicted octanol–water partition coefficient (Wildman–Crippen LogP) is 0.847. The number of hydrogen-bond acceptors (Lipinski definition) is 9. The number of amides is 5. The molecule has 0 unspecified atom stereocenters. The minimum absolute atomic E-state index is 0.0296. The van der Waals surface area contributed by atoms with Crippen LogP contribution in [0.4, 0.5) is 4.79 Å². The number of hydrogen-bond donors (Lipinski definition) is 5. The van der Waals surface area contributed by atoms with Crippen LogP contribution in [0, 0.1) is 12.8 Å². The monoisotopic (exact) mass is 638 g/mol.